The van der Waals surface area contributed by atoms with Crippen molar-refractivity contribution < 1.29 is 14.5 Å². The number of hydrogen-bond acceptors (Lipinski definition) is 5. The van der Waals surface area contributed by atoms with E-state index >= 15 is 0 Å². The fraction of sp³-hybridized carbons (Fsp3) is 0.500. The quantitative estimate of drug-likeness (QED) is 0.557. The van der Waals surface area contributed by atoms with Crippen molar-refractivity contribution in [2.45, 2.75) is 31.8 Å². The SMILES string of the molecule is CNCc1ccc(OCCC(=O)NC2CC2)c([N+](=O)[O-])c1. The highest BCUT2D eigenvalue weighted by atomic mass is 16.6. The molecule has 0 aromatic heterocycles. The van der Waals surface area contributed by atoms with E-state index in [1.165, 1.54) is 6.07 Å². The van der Waals surface area contributed by atoms with Gasteiger partial charge < -0.3 is 15.4 Å². The van der Waals surface area contributed by atoms with Gasteiger partial charge in [-0.2, -0.15) is 0 Å². The number of benzene rings is 1. The molecule has 1 fully saturated rings. The van der Waals surface area contributed by atoms with Crippen LogP contribution in [0.2, 0.25) is 0 Å². The number of hydrogen-bond donors (Lipinski definition) is 2. The van der Waals surface area contributed by atoms with Crippen LogP contribution in [-0.2, 0) is 11.3 Å². The van der Waals surface area contributed by atoms with E-state index in [1.807, 2.05) is 0 Å². The summed E-state index contributed by atoms with van der Waals surface area (Å²) >= 11 is 0. The van der Waals surface area contributed by atoms with Gasteiger partial charge in [0.2, 0.25) is 5.91 Å². The molecule has 1 aliphatic carbocycles. The van der Waals surface area contributed by atoms with Crippen molar-refractivity contribution in [3.05, 3.63) is 33.9 Å². The van der Waals surface area contributed by atoms with Crippen LogP contribution >= 0.6 is 0 Å². The number of rotatable bonds is 8. The Balaban J connectivity index is 1.91. The maximum absolute atomic E-state index is 11.5. The van der Waals surface area contributed by atoms with Crippen LogP contribution in [-0.4, -0.2) is 30.5 Å². The van der Waals surface area contributed by atoms with Gasteiger partial charge in [-0.3, -0.25) is 14.9 Å². The summed E-state index contributed by atoms with van der Waals surface area (Å²) in [6.07, 6.45) is 2.27. The monoisotopic (exact) mass is 293 g/mol. The number of nitrogens with zero attached hydrogens (tertiary/aromatic N) is 1. The first-order valence-corrected chi connectivity index (χ1v) is 6.94. The van der Waals surface area contributed by atoms with Gasteiger partial charge in [0.05, 0.1) is 18.0 Å². The van der Waals surface area contributed by atoms with Crippen LogP contribution in [0.15, 0.2) is 18.2 Å². The third-order valence-electron chi connectivity index (χ3n) is 3.13. The Labute approximate surface area is 122 Å². The van der Waals surface area contributed by atoms with E-state index in [0.717, 1.165) is 18.4 Å². The number of carbonyl (C=O) groups is 1. The number of amides is 1. The van der Waals surface area contributed by atoms with E-state index in [9.17, 15) is 14.9 Å². The van der Waals surface area contributed by atoms with Gasteiger partial charge >= 0.3 is 5.69 Å². The van der Waals surface area contributed by atoms with Crippen molar-refractivity contribution in [2.75, 3.05) is 13.7 Å². The second-order valence-corrected chi connectivity index (χ2v) is 5.03. The molecule has 114 valence electrons. The van der Waals surface area contributed by atoms with E-state index in [0.29, 0.717) is 12.6 Å². The molecule has 0 spiro atoms. The predicted octanol–water partition coefficient (Wildman–Crippen LogP) is 1.36. The van der Waals surface area contributed by atoms with Crippen molar-refractivity contribution in [3.8, 4) is 5.75 Å². The smallest absolute Gasteiger partial charge is 0.311 e. The van der Waals surface area contributed by atoms with Crippen molar-refractivity contribution in [2.24, 2.45) is 0 Å². The molecule has 0 atom stereocenters. The molecule has 0 heterocycles. The maximum Gasteiger partial charge on any atom is 0.311 e. The average molecular weight is 293 g/mol. The summed E-state index contributed by atoms with van der Waals surface area (Å²) in [5.74, 6) is 0.117. The van der Waals surface area contributed by atoms with E-state index in [1.54, 1.807) is 19.2 Å². The Kier molecular flexibility index (Phi) is 5.10. The molecule has 0 saturated heterocycles. The lowest BCUT2D eigenvalue weighted by Gasteiger charge is -2.08. The molecule has 0 aliphatic heterocycles. The van der Waals surface area contributed by atoms with E-state index in [-0.39, 0.29) is 30.4 Å². The number of nitro benzene ring substituents is 1. The van der Waals surface area contributed by atoms with Crippen LogP contribution in [0.3, 0.4) is 0 Å². The Morgan fingerprint density at radius 2 is 2.24 bits per heavy atom. The van der Waals surface area contributed by atoms with Gasteiger partial charge in [0.15, 0.2) is 5.75 Å². The van der Waals surface area contributed by atoms with Crippen LogP contribution < -0.4 is 15.4 Å². The number of carbonyl (C=O) groups excluding carboxylic acids is 1. The van der Waals surface area contributed by atoms with Crippen LogP contribution in [0.5, 0.6) is 5.75 Å². The highest BCUT2D eigenvalue weighted by Crippen LogP contribution is 2.28. The molecule has 1 aliphatic rings. The highest BCUT2D eigenvalue weighted by Gasteiger charge is 2.23. The molecule has 7 nitrogen and oxygen atoms in total. The zero-order valence-electron chi connectivity index (χ0n) is 11.9. The lowest BCUT2D eigenvalue weighted by molar-refractivity contribution is -0.385. The maximum atomic E-state index is 11.5. The molecule has 1 aromatic carbocycles. The Morgan fingerprint density at radius 1 is 1.48 bits per heavy atom. The van der Waals surface area contributed by atoms with Crippen molar-refractivity contribution in [1.29, 1.82) is 0 Å². The summed E-state index contributed by atoms with van der Waals surface area (Å²) in [5.41, 5.74) is 0.730. The van der Waals surface area contributed by atoms with Crippen molar-refractivity contribution in [1.82, 2.24) is 10.6 Å². The fourth-order valence-corrected chi connectivity index (χ4v) is 1.92. The standard InChI is InChI=1S/C14H19N3O4/c1-15-9-10-2-5-13(12(8-10)17(19)20)21-7-6-14(18)16-11-3-4-11/h2,5,8,11,15H,3-4,6-7,9H2,1H3,(H,16,18). The second kappa shape index (κ2) is 7.03. The Hall–Kier alpha value is -2.15. The lowest BCUT2D eigenvalue weighted by atomic mass is 10.2. The van der Waals surface area contributed by atoms with Gasteiger partial charge in [0, 0.05) is 18.7 Å². The molecular weight excluding hydrogens is 274 g/mol. The molecule has 0 bridgehead atoms. The number of nitro groups is 1. The summed E-state index contributed by atoms with van der Waals surface area (Å²) in [4.78, 5) is 22.1. The first kappa shape index (κ1) is 15.2. The molecule has 7 heteroatoms. The minimum absolute atomic E-state index is 0.0769. The average Bonchev–Trinajstić information content (AvgIpc) is 3.24. The van der Waals surface area contributed by atoms with Crippen molar-refractivity contribution >= 4 is 11.6 Å². The molecule has 21 heavy (non-hydrogen) atoms. The molecule has 1 saturated carbocycles. The fourth-order valence-electron chi connectivity index (χ4n) is 1.92. The molecule has 1 amide bonds. The van der Waals surface area contributed by atoms with E-state index in [4.69, 9.17) is 4.74 Å². The molecule has 1 aromatic rings. The van der Waals surface area contributed by atoms with Crippen LogP contribution in [0, 0.1) is 10.1 Å². The highest BCUT2D eigenvalue weighted by molar-refractivity contribution is 5.76. The first-order valence-electron chi connectivity index (χ1n) is 6.94. The summed E-state index contributed by atoms with van der Waals surface area (Å²) in [6.45, 7) is 0.676. The van der Waals surface area contributed by atoms with Gasteiger partial charge in [-0.25, -0.2) is 0 Å². The number of nitrogens with one attached hydrogen (secondary N) is 2. The normalized spacial score (nSPS) is 13.8. The van der Waals surface area contributed by atoms with E-state index < -0.39 is 4.92 Å². The third kappa shape index (κ3) is 4.71. The zero-order chi connectivity index (χ0) is 15.2. The summed E-state index contributed by atoms with van der Waals surface area (Å²) in [5, 5.41) is 16.8. The van der Waals surface area contributed by atoms with Crippen LogP contribution in [0.4, 0.5) is 5.69 Å². The number of ether oxygens (including phenoxy) is 1. The zero-order valence-corrected chi connectivity index (χ0v) is 11.9. The van der Waals surface area contributed by atoms with Crippen LogP contribution in [0.1, 0.15) is 24.8 Å². The summed E-state index contributed by atoms with van der Waals surface area (Å²) < 4.78 is 5.38. The molecule has 0 radical (unpaired) electrons. The van der Waals surface area contributed by atoms with E-state index in [2.05, 4.69) is 10.6 Å². The van der Waals surface area contributed by atoms with Gasteiger partial charge in [-0.05, 0) is 31.5 Å². The summed E-state index contributed by atoms with van der Waals surface area (Å²) in [7, 11) is 1.77. The largest absolute Gasteiger partial charge is 0.486 e. The second-order valence-electron chi connectivity index (χ2n) is 5.03. The Morgan fingerprint density at radius 3 is 2.86 bits per heavy atom. The predicted molar refractivity (Wildman–Crippen MR) is 77.1 cm³/mol. The molecule has 2 rings (SSSR count). The molecular formula is C14H19N3O4. The topological polar surface area (TPSA) is 93.5 Å². The molecule has 0 unspecified atom stereocenters. The van der Waals surface area contributed by atoms with Gasteiger partial charge in [-0.15, -0.1) is 0 Å². The van der Waals surface area contributed by atoms with Crippen LogP contribution in [0.25, 0.3) is 0 Å². The summed E-state index contributed by atoms with van der Waals surface area (Å²) in [6, 6.07) is 5.13. The van der Waals surface area contributed by atoms with Gasteiger partial charge in [-0.1, -0.05) is 6.07 Å². The Bertz CT molecular complexity index is 529. The third-order valence-corrected chi connectivity index (χ3v) is 3.13. The van der Waals surface area contributed by atoms with Gasteiger partial charge in [0.1, 0.15) is 0 Å². The van der Waals surface area contributed by atoms with Crippen molar-refractivity contribution in [3.63, 3.8) is 0 Å². The lowest BCUT2D eigenvalue weighted by Crippen LogP contribution is -2.26. The minimum atomic E-state index is -0.473. The first-order chi connectivity index (χ1) is 10.1. The van der Waals surface area contributed by atoms with Gasteiger partial charge in [0.25, 0.3) is 0 Å². The minimum Gasteiger partial charge on any atom is -0.486 e. The molecule has 2 N–H and O–H groups in total.